The van der Waals surface area contributed by atoms with Crippen LogP contribution in [-0.2, 0) is 4.79 Å². The van der Waals surface area contributed by atoms with Crippen molar-refractivity contribution < 1.29 is 9.59 Å². The molecule has 0 fully saturated rings. The third kappa shape index (κ3) is 85.2. The molecule has 5 unspecified atom stereocenters. The van der Waals surface area contributed by atoms with Crippen LogP contribution in [0.25, 0.3) is 0 Å². The van der Waals surface area contributed by atoms with Gasteiger partial charge in [-0.25, -0.2) is 0 Å². The molecule has 2 aromatic carbocycles. The van der Waals surface area contributed by atoms with Gasteiger partial charge in [0.05, 0.1) is 0 Å². The molecule has 0 radical (unpaired) electrons. The fourth-order valence-corrected chi connectivity index (χ4v) is 22.4. The second-order valence-corrected chi connectivity index (χ2v) is 44.2. The third-order valence-corrected chi connectivity index (χ3v) is 31.8. The summed E-state index contributed by atoms with van der Waals surface area (Å²) in [7, 11) is 0. The standard InChI is InChI=1S/C129H238O2/c1-7-13-18-23-28-33-38-43-48-53-58-63-68-73-78-83-88-94-101-120(109-111-122(103-96-90-85-80-75-70-65-60-55-50-45-40-35-30-25-20-15-9-3)113-115-125(128(130)12-6)105-98-92-87-82-77-72-67-62-57-52-47-42-37-32-27-22-17-11-5)108-110-121(102-95-89-84-79-74-69-64-59-54-49-44-39-34-29-24-19-14-8-2)112-114-123(124-116-118-127(119-117-124)129(131)126-106-99-93-100-107-126)104-97-91-86-81-76-71-66-61-56-51-46-41-36-31-26-21-16-10-4/h12,93,99-100,106-107,116-123,125H,6-11,13-92,94-98,101-105,108-115H2,1-5H3. The molecule has 0 saturated heterocycles. The summed E-state index contributed by atoms with van der Waals surface area (Å²) in [6, 6.07) is 19.1. The van der Waals surface area contributed by atoms with Gasteiger partial charge in [-0.2, -0.15) is 0 Å². The quantitative estimate of drug-likeness (QED) is 0.0376. The van der Waals surface area contributed by atoms with Crippen molar-refractivity contribution in [3.63, 3.8) is 0 Å². The van der Waals surface area contributed by atoms with Crippen molar-refractivity contribution in [3.8, 4) is 0 Å². The van der Waals surface area contributed by atoms with Crippen LogP contribution in [0.4, 0.5) is 0 Å². The van der Waals surface area contributed by atoms with E-state index in [1.54, 1.807) is 6.08 Å². The highest BCUT2D eigenvalue weighted by atomic mass is 16.1. The van der Waals surface area contributed by atoms with Crippen LogP contribution in [0, 0.1) is 23.7 Å². The fourth-order valence-electron chi connectivity index (χ4n) is 22.4. The molecule has 2 rings (SSSR count). The van der Waals surface area contributed by atoms with Crippen LogP contribution in [0.15, 0.2) is 67.3 Å². The predicted octanol–water partition coefficient (Wildman–Crippen LogP) is 46.5. The van der Waals surface area contributed by atoms with Gasteiger partial charge in [-0.1, -0.05) is 719 Å². The highest BCUT2D eigenvalue weighted by Crippen LogP contribution is 2.37. The first-order valence-electron chi connectivity index (χ1n) is 61.8. The molecule has 0 N–H and O–H groups in total. The number of carbonyl (C=O) groups is 2. The Kier molecular flexibility index (Phi) is 98.3. The summed E-state index contributed by atoms with van der Waals surface area (Å²) in [6.07, 6.45) is 147. The summed E-state index contributed by atoms with van der Waals surface area (Å²) in [6.45, 7) is 15.8. The minimum absolute atomic E-state index is 0.149. The molecule has 0 bridgehead atoms. The van der Waals surface area contributed by atoms with Crippen molar-refractivity contribution in [1.82, 2.24) is 0 Å². The second kappa shape index (κ2) is 103. The van der Waals surface area contributed by atoms with Crippen LogP contribution in [0.3, 0.4) is 0 Å². The minimum Gasteiger partial charge on any atom is -0.295 e. The Morgan fingerprint density at radius 3 is 0.580 bits per heavy atom. The lowest BCUT2D eigenvalue weighted by Gasteiger charge is -2.26. The van der Waals surface area contributed by atoms with E-state index in [2.05, 4.69) is 65.5 Å². The molecule has 0 aliphatic rings. The van der Waals surface area contributed by atoms with Crippen molar-refractivity contribution in [2.45, 2.75) is 702 Å². The SMILES string of the molecule is C=CC(=O)C(CCCCCCCCCCCCCCCCCCCC)CCC(CCCCCCCCCCCCCCCCCCCC)CCC(CCCCCCCCCCCCCCCCCCCC)CCC(CCCCCCCCCCCCCCCCCCCC)CCC(CCCCCCCCCCCCCCCCCCCC)c1ccc(C(=O)c2ccccc2)cc1. The van der Waals surface area contributed by atoms with E-state index in [0.717, 1.165) is 41.7 Å². The number of rotatable bonds is 112. The van der Waals surface area contributed by atoms with E-state index < -0.39 is 0 Å². The van der Waals surface area contributed by atoms with Gasteiger partial charge in [0, 0.05) is 17.0 Å². The van der Waals surface area contributed by atoms with Gasteiger partial charge in [-0.05, 0) is 73.8 Å². The van der Waals surface area contributed by atoms with E-state index in [1.165, 1.54) is 654 Å². The molecule has 0 aliphatic heterocycles. The minimum atomic E-state index is 0.149. The molecule has 131 heavy (non-hydrogen) atoms. The van der Waals surface area contributed by atoms with E-state index >= 15 is 0 Å². The number of hydrogen-bond donors (Lipinski definition) is 0. The van der Waals surface area contributed by atoms with Gasteiger partial charge >= 0.3 is 0 Å². The lowest BCUT2D eigenvalue weighted by atomic mass is 9.79. The van der Waals surface area contributed by atoms with Gasteiger partial charge in [0.15, 0.2) is 11.6 Å². The lowest BCUT2D eigenvalue weighted by molar-refractivity contribution is -0.118. The molecule has 766 valence electrons. The molecule has 0 heterocycles. The summed E-state index contributed by atoms with van der Waals surface area (Å²) in [5, 5.41) is 0. The first kappa shape index (κ1) is 125. The molecular weight excluding hydrogens is 1580 g/mol. The zero-order valence-corrected chi connectivity index (χ0v) is 90.5. The predicted molar refractivity (Wildman–Crippen MR) is 592 cm³/mol. The number of hydrogen-bond acceptors (Lipinski definition) is 2. The number of allylic oxidation sites excluding steroid dienone is 1. The van der Waals surface area contributed by atoms with E-state index in [1.807, 2.05) is 30.3 Å². The summed E-state index contributed by atoms with van der Waals surface area (Å²) >= 11 is 0. The van der Waals surface area contributed by atoms with Gasteiger partial charge in [0.1, 0.15) is 0 Å². The Morgan fingerprint density at radius 2 is 0.366 bits per heavy atom. The van der Waals surface area contributed by atoms with Gasteiger partial charge in [0.2, 0.25) is 0 Å². The molecule has 2 nitrogen and oxygen atoms in total. The van der Waals surface area contributed by atoms with Crippen molar-refractivity contribution in [1.29, 1.82) is 0 Å². The maximum atomic E-state index is 14.0. The Hall–Kier alpha value is -2.48. The molecule has 5 atom stereocenters. The molecule has 0 amide bonds. The lowest BCUT2D eigenvalue weighted by Crippen LogP contribution is -2.15. The fraction of sp³-hybridized carbons (Fsp3) is 0.876. The van der Waals surface area contributed by atoms with Crippen molar-refractivity contribution in [3.05, 3.63) is 83.9 Å². The molecule has 0 aliphatic carbocycles. The topological polar surface area (TPSA) is 34.1 Å². The van der Waals surface area contributed by atoms with E-state index in [0.29, 0.717) is 11.7 Å². The average molecular weight is 1820 g/mol. The largest absolute Gasteiger partial charge is 0.295 e. The van der Waals surface area contributed by atoms with Crippen LogP contribution in [0.5, 0.6) is 0 Å². The van der Waals surface area contributed by atoms with Crippen LogP contribution >= 0.6 is 0 Å². The molecule has 2 aromatic rings. The second-order valence-electron chi connectivity index (χ2n) is 44.2. The Morgan fingerprint density at radius 1 is 0.191 bits per heavy atom. The summed E-state index contributed by atoms with van der Waals surface area (Å²) < 4.78 is 0. The summed E-state index contributed by atoms with van der Waals surface area (Å²) in [5.74, 6) is 3.50. The van der Waals surface area contributed by atoms with E-state index in [9.17, 15) is 9.59 Å². The van der Waals surface area contributed by atoms with Crippen LogP contribution in [0.1, 0.15) is 723 Å². The maximum Gasteiger partial charge on any atom is 0.193 e. The number of carbonyl (C=O) groups excluding carboxylic acids is 2. The molecule has 0 saturated carbocycles. The van der Waals surface area contributed by atoms with Crippen LogP contribution in [0.2, 0.25) is 0 Å². The Labute approximate surface area is 825 Å². The summed E-state index contributed by atoms with van der Waals surface area (Å²) in [4.78, 5) is 27.9. The van der Waals surface area contributed by atoms with Gasteiger partial charge in [-0.15, -0.1) is 0 Å². The molecular formula is C129H238O2. The van der Waals surface area contributed by atoms with Gasteiger partial charge in [-0.3, -0.25) is 9.59 Å². The van der Waals surface area contributed by atoms with E-state index in [4.69, 9.17) is 0 Å². The highest BCUT2D eigenvalue weighted by Gasteiger charge is 2.23. The Balaban J connectivity index is 2.37. The third-order valence-electron chi connectivity index (χ3n) is 31.8. The van der Waals surface area contributed by atoms with Gasteiger partial charge < -0.3 is 0 Å². The molecule has 0 aromatic heterocycles. The number of ketones is 2. The summed E-state index contributed by atoms with van der Waals surface area (Å²) in [5.41, 5.74) is 3.11. The first-order valence-corrected chi connectivity index (χ1v) is 61.8. The van der Waals surface area contributed by atoms with Crippen LogP contribution < -0.4 is 0 Å². The average Bonchev–Trinajstić information content (AvgIpc) is 0.840. The zero-order chi connectivity index (χ0) is 93.7. The van der Waals surface area contributed by atoms with E-state index in [-0.39, 0.29) is 11.7 Å². The molecule has 0 spiro atoms. The van der Waals surface area contributed by atoms with Crippen molar-refractivity contribution >= 4 is 11.6 Å². The number of benzene rings is 2. The van der Waals surface area contributed by atoms with Gasteiger partial charge in [0.25, 0.3) is 0 Å². The maximum absolute atomic E-state index is 14.0. The first-order chi connectivity index (χ1) is 64.9. The van der Waals surface area contributed by atoms with Crippen molar-refractivity contribution in [2.75, 3.05) is 0 Å². The number of unbranched alkanes of at least 4 members (excludes halogenated alkanes) is 85. The molecule has 2 heteroatoms. The Bertz CT molecular complexity index is 2520. The highest BCUT2D eigenvalue weighted by molar-refractivity contribution is 6.09. The monoisotopic (exact) mass is 1820 g/mol. The van der Waals surface area contributed by atoms with Crippen LogP contribution in [-0.4, -0.2) is 11.6 Å². The zero-order valence-electron chi connectivity index (χ0n) is 90.5. The van der Waals surface area contributed by atoms with Crippen molar-refractivity contribution in [2.24, 2.45) is 23.7 Å². The smallest absolute Gasteiger partial charge is 0.193 e. The normalized spacial score (nSPS) is 13.0.